The van der Waals surface area contributed by atoms with E-state index in [0.29, 0.717) is 0 Å². The van der Waals surface area contributed by atoms with Crippen LogP contribution in [0.1, 0.15) is 72.9 Å². The van der Waals surface area contributed by atoms with Crippen LogP contribution in [0.5, 0.6) is 0 Å². The molecule has 0 bridgehead atoms. The normalized spacial score (nSPS) is 10.2. The number of rotatable bonds is 6. The highest BCUT2D eigenvalue weighted by atomic mass is 14.0. The van der Waals surface area contributed by atoms with Crippen LogP contribution in [0.25, 0.3) is 12.2 Å². The number of allylic oxidation sites excluding steroid dienone is 2. The minimum atomic E-state index is 1.05. The van der Waals surface area contributed by atoms with E-state index in [1.165, 1.54) is 24.0 Å². The maximum atomic E-state index is 3.26. The average molecular weight is 493 g/mol. The van der Waals surface area contributed by atoms with Gasteiger partial charge in [0.25, 0.3) is 0 Å². The monoisotopic (exact) mass is 492 g/mol. The van der Waals surface area contributed by atoms with Crippen molar-refractivity contribution in [2.24, 2.45) is 0 Å². The van der Waals surface area contributed by atoms with Gasteiger partial charge in [-0.1, -0.05) is 147 Å². The summed E-state index contributed by atoms with van der Waals surface area (Å²) in [6.07, 6.45) is 13.3. The molecule has 0 N–H and O–H groups in total. The average Bonchev–Trinajstić information content (AvgIpc) is 2.98. The van der Waals surface area contributed by atoms with E-state index in [4.69, 9.17) is 0 Å². The Hall–Kier alpha value is -4.52. The molecule has 0 unspecified atom stereocenters. The van der Waals surface area contributed by atoms with Gasteiger partial charge in [-0.05, 0) is 60.4 Å². The van der Waals surface area contributed by atoms with Crippen molar-refractivity contribution in [1.29, 1.82) is 0 Å². The zero-order chi connectivity index (χ0) is 26.7. The summed E-state index contributed by atoms with van der Waals surface area (Å²) in [7, 11) is 0. The second kappa shape index (κ2) is 17.0. The SMILES string of the molecule is CCC/C=C/c1ccccc1C#Cc1ccccc1.CCC/C=C\c1ccccc1C#Cc1ccccc1. The molecule has 0 heterocycles. The van der Waals surface area contributed by atoms with Crippen molar-refractivity contribution in [3.8, 4) is 23.7 Å². The molecular formula is C38H36. The topological polar surface area (TPSA) is 0 Å². The lowest BCUT2D eigenvalue weighted by Crippen LogP contribution is -1.81. The molecule has 188 valence electrons. The molecule has 4 rings (SSSR count). The zero-order valence-electron chi connectivity index (χ0n) is 22.5. The van der Waals surface area contributed by atoms with E-state index in [1.54, 1.807) is 0 Å². The molecule has 4 aromatic rings. The third-order valence-corrected chi connectivity index (χ3v) is 5.66. The Morgan fingerprint density at radius 1 is 0.447 bits per heavy atom. The maximum Gasteiger partial charge on any atom is 0.0321 e. The van der Waals surface area contributed by atoms with Crippen LogP contribution >= 0.6 is 0 Å². The van der Waals surface area contributed by atoms with Gasteiger partial charge in [-0.15, -0.1) is 0 Å². The Kier molecular flexibility index (Phi) is 12.6. The van der Waals surface area contributed by atoms with Crippen molar-refractivity contribution in [2.75, 3.05) is 0 Å². The van der Waals surface area contributed by atoms with Crippen LogP contribution in [0.4, 0.5) is 0 Å². The first-order valence-corrected chi connectivity index (χ1v) is 13.5. The second-order valence-electron chi connectivity index (χ2n) is 8.79. The lowest BCUT2D eigenvalue weighted by Gasteiger charge is -1.97. The summed E-state index contributed by atoms with van der Waals surface area (Å²) in [6, 6.07) is 36.7. The Labute approximate surface area is 229 Å². The van der Waals surface area contributed by atoms with Gasteiger partial charge in [0, 0.05) is 22.3 Å². The van der Waals surface area contributed by atoms with Crippen molar-refractivity contribution in [3.05, 3.63) is 155 Å². The molecule has 0 aliphatic heterocycles. The summed E-state index contributed by atoms with van der Waals surface area (Å²) >= 11 is 0. The van der Waals surface area contributed by atoms with E-state index in [9.17, 15) is 0 Å². The maximum absolute atomic E-state index is 3.26. The first-order chi connectivity index (χ1) is 18.8. The highest BCUT2D eigenvalue weighted by molar-refractivity contribution is 5.61. The fraction of sp³-hybridized carbons (Fsp3) is 0.158. The lowest BCUT2D eigenvalue weighted by molar-refractivity contribution is 0.962. The molecule has 0 heteroatoms. The summed E-state index contributed by atoms with van der Waals surface area (Å²) in [4.78, 5) is 0. The van der Waals surface area contributed by atoms with Gasteiger partial charge in [0.2, 0.25) is 0 Å². The fourth-order valence-corrected chi connectivity index (χ4v) is 3.59. The molecule has 0 radical (unpaired) electrons. The predicted octanol–water partition coefficient (Wildman–Crippen LogP) is 9.80. The van der Waals surface area contributed by atoms with E-state index >= 15 is 0 Å². The molecule has 0 saturated heterocycles. The Balaban J connectivity index is 0.000000211. The van der Waals surface area contributed by atoms with Crippen molar-refractivity contribution in [2.45, 2.75) is 39.5 Å². The van der Waals surface area contributed by atoms with E-state index < -0.39 is 0 Å². The van der Waals surface area contributed by atoms with Gasteiger partial charge in [0.1, 0.15) is 0 Å². The molecule has 0 aliphatic rings. The van der Waals surface area contributed by atoms with Gasteiger partial charge < -0.3 is 0 Å². The van der Waals surface area contributed by atoms with Crippen molar-refractivity contribution >= 4 is 12.2 Å². The second-order valence-corrected chi connectivity index (χ2v) is 8.79. The molecule has 38 heavy (non-hydrogen) atoms. The number of unbranched alkanes of at least 4 members (excludes halogenated alkanes) is 2. The quantitative estimate of drug-likeness (QED) is 0.235. The van der Waals surface area contributed by atoms with E-state index in [1.807, 2.05) is 72.8 Å². The van der Waals surface area contributed by atoms with Crippen LogP contribution in [-0.2, 0) is 0 Å². The summed E-state index contributed by atoms with van der Waals surface area (Å²) in [6.45, 7) is 4.37. The third-order valence-electron chi connectivity index (χ3n) is 5.66. The van der Waals surface area contributed by atoms with Crippen LogP contribution in [-0.4, -0.2) is 0 Å². The molecule has 0 atom stereocenters. The van der Waals surface area contributed by atoms with Crippen molar-refractivity contribution in [3.63, 3.8) is 0 Å². The fourth-order valence-electron chi connectivity index (χ4n) is 3.59. The lowest BCUT2D eigenvalue weighted by atomic mass is 10.1. The highest BCUT2D eigenvalue weighted by Gasteiger charge is 1.95. The Morgan fingerprint density at radius 2 is 0.816 bits per heavy atom. The molecule has 0 nitrogen and oxygen atoms in total. The van der Waals surface area contributed by atoms with Gasteiger partial charge in [-0.25, -0.2) is 0 Å². The summed E-state index contributed by atoms with van der Waals surface area (Å²) < 4.78 is 0. The Morgan fingerprint density at radius 3 is 1.21 bits per heavy atom. The first-order valence-electron chi connectivity index (χ1n) is 13.5. The standard InChI is InChI=1S/2C19H18/c2*1-2-3-5-12-18-13-8-9-14-19(18)16-15-17-10-6-4-7-11-17/h2*4-14H,2-3H2,1H3/b12-5+;12-5-. The van der Waals surface area contributed by atoms with E-state index in [0.717, 1.165) is 35.1 Å². The largest absolute Gasteiger partial charge is 0.0839 e. The van der Waals surface area contributed by atoms with Crippen molar-refractivity contribution < 1.29 is 0 Å². The molecule has 0 fully saturated rings. The van der Waals surface area contributed by atoms with Crippen LogP contribution in [0.15, 0.2) is 121 Å². The number of hydrogen-bond acceptors (Lipinski definition) is 0. The minimum absolute atomic E-state index is 1.05. The van der Waals surface area contributed by atoms with Gasteiger partial charge in [-0.3, -0.25) is 0 Å². The molecule has 4 aromatic carbocycles. The number of hydrogen-bond donors (Lipinski definition) is 0. The van der Waals surface area contributed by atoms with Gasteiger partial charge >= 0.3 is 0 Å². The Bertz CT molecular complexity index is 1300. The van der Waals surface area contributed by atoms with Gasteiger partial charge in [0.15, 0.2) is 0 Å². The van der Waals surface area contributed by atoms with Gasteiger partial charge in [-0.2, -0.15) is 0 Å². The van der Waals surface area contributed by atoms with Crippen LogP contribution in [0.2, 0.25) is 0 Å². The molecule has 0 spiro atoms. The van der Waals surface area contributed by atoms with Crippen LogP contribution in [0, 0.1) is 23.7 Å². The smallest absolute Gasteiger partial charge is 0.0321 e. The highest BCUT2D eigenvalue weighted by Crippen LogP contribution is 2.12. The molecule has 0 amide bonds. The van der Waals surface area contributed by atoms with E-state index in [-0.39, 0.29) is 0 Å². The minimum Gasteiger partial charge on any atom is -0.0839 e. The van der Waals surface area contributed by atoms with E-state index in [2.05, 4.69) is 98.2 Å². The summed E-state index contributed by atoms with van der Waals surface area (Å²) in [5, 5.41) is 0. The summed E-state index contributed by atoms with van der Waals surface area (Å²) in [5.41, 5.74) is 6.65. The summed E-state index contributed by atoms with van der Waals surface area (Å²) in [5.74, 6) is 12.9. The van der Waals surface area contributed by atoms with Crippen molar-refractivity contribution in [1.82, 2.24) is 0 Å². The number of benzene rings is 4. The molecule has 0 saturated carbocycles. The third kappa shape index (κ3) is 10.2. The van der Waals surface area contributed by atoms with Crippen LogP contribution in [0.3, 0.4) is 0 Å². The predicted molar refractivity (Wildman–Crippen MR) is 166 cm³/mol. The molecular weight excluding hydrogens is 456 g/mol. The first kappa shape index (κ1) is 28.1. The molecule has 0 aromatic heterocycles. The van der Waals surface area contributed by atoms with Crippen LogP contribution < -0.4 is 0 Å². The van der Waals surface area contributed by atoms with Gasteiger partial charge in [0.05, 0.1) is 0 Å². The molecule has 0 aliphatic carbocycles. The zero-order valence-corrected chi connectivity index (χ0v) is 22.5.